The van der Waals surface area contributed by atoms with Crippen molar-refractivity contribution in [2.45, 2.75) is 19.5 Å². The maximum absolute atomic E-state index is 13.8. The molecule has 0 atom stereocenters. The smallest absolute Gasteiger partial charge is 0.132 e. The monoisotopic (exact) mass is 255 g/mol. The third-order valence-electron chi connectivity index (χ3n) is 2.28. The lowest BCUT2D eigenvalue weighted by Crippen LogP contribution is -2.07. The minimum atomic E-state index is -1.31. The molecule has 1 aromatic carbocycles. The Kier molecular flexibility index (Phi) is 2.14. The van der Waals surface area contributed by atoms with E-state index < -0.39 is 5.67 Å². The van der Waals surface area contributed by atoms with Crippen molar-refractivity contribution >= 4 is 26.8 Å². The van der Waals surface area contributed by atoms with Crippen LogP contribution in [0.3, 0.4) is 0 Å². The number of halogens is 2. The lowest BCUT2D eigenvalue weighted by Gasteiger charge is -2.12. The molecule has 0 fully saturated rings. The zero-order valence-electron chi connectivity index (χ0n) is 8.07. The van der Waals surface area contributed by atoms with Gasteiger partial charge in [0.15, 0.2) is 0 Å². The number of aromatic nitrogens is 1. The van der Waals surface area contributed by atoms with Gasteiger partial charge in [0.2, 0.25) is 0 Å². The molecule has 1 heterocycles. The van der Waals surface area contributed by atoms with Gasteiger partial charge in [-0.05, 0) is 32.0 Å². The number of benzene rings is 1. The Morgan fingerprint density at radius 2 is 2.07 bits per heavy atom. The lowest BCUT2D eigenvalue weighted by molar-refractivity contribution is 0.224. The zero-order chi connectivity index (χ0) is 10.3. The first kappa shape index (κ1) is 9.71. The minimum absolute atomic E-state index is 0.703. The molecule has 0 aliphatic carbocycles. The van der Waals surface area contributed by atoms with E-state index >= 15 is 0 Å². The van der Waals surface area contributed by atoms with E-state index in [4.69, 9.17) is 0 Å². The standard InChI is InChI=1S/C11H11BrFN/c1-11(2,13)9-6-14-10-4-3-7(12)5-8(9)10/h3-6,14H,1-2H3. The number of rotatable bonds is 1. The lowest BCUT2D eigenvalue weighted by atomic mass is 10.00. The molecule has 0 aliphatic rings. The summed E-state index contributed by atoms with van der Waals surface area (Å²) in [6.07, 6.45) is 1.73. The number of alkyl halides is 1. The Labute approximate surface area is 90.5 Å². The summed E-state index contributed by atoms with van der Waals surface area (Å²) in [6, 6.07) is 5.81. The number of hydrogen-bond donors (Lipinski definition) is 1. The van der Waals surface area contributed by atoms with Crippen LogP contribution < -0.4 is 0 Å². The quantitative estimate of drug-likeness (QED) is 0.789. The van der Waals surface area contributed by atoms with Crippen molar-refractivity contribution in [2.24, 2.45) is 0 Å². The summed E-state index contributed by atoms with van der Waals surface area (Å²) >= 11 is 3.38. The molecule has 1 aromatic heterocycles. The van der Waals surface area contributed by atoms with Crippen LogP contribution >= 0.6 is 15.9 Å². The number of H-pyrrole nitrogens is 1. The number of hydrogen-bond acceptors (Lipinski definition) is 0. The molecule has 0 amide bonds. The topological polar surface area (TPSA) is 15.8 Å². The van der Waals surface area contributed by atoms with Crippen molar-refractivity contribution in [1.82, 2.24) is 4.98 Å². The first-order valence-corrected chi connectivity index (χ1v) is 5.24. The second-order valence-corrected chi connectivity index (χ2v) is 4.78. The van der Waals surface area contributed by atoms with Gasteiger partial charge in [-0.3, -0.25) is 0 Å². The molecule has 1 nitrogen and oxygen atoms in total. The van der Waals surface area contributed by atoms with E-state index in [1.807, 2.05) is 18.2 Å². The van der Waals surface area contributed by atoms with E-state index in [0.717, 1.165) is 15.4 Å². The molecule has 0 saturated carbocycles. The average Bonchev–Trinajstić information content (AvgIpc) is 2.45. The highest BCUT2D eigenvalue weighted by Crippen LogP contribution is 2.32. The molecular weight excluding hydrogens is 245 g/mol. The summed E-state index contributed by atoms with van der Waals surface area (Å²) in [5.74, 6) is 0. The van der Waals surface area contributed by atoms with E-state index in [-0.39, 0.29) is 0 Å². The SMILES string of the molecule is CC(C)(F)c1c[nH]c2ccc(Br)cc12. The second-order valence-electron chi connectivity index (χ2n) is 3.86. The Hall–Kier alpha value is -0.830. The van der Waals surface area contributed by atoms with Crippen LogP contribution in [0, 0.1) is 0 Å². The molecule has 1 N–H and O–H groups in total. The largest absolute Gasteiger partial charge is 0.361 e. The molecule has 0 aliphatic heterocycles. The van der Waals surface area contributed by atoms with Gasteiger partial charge in [-0.1, -0.05) is 15.9 Å². The van der Waals surface area contributed by atoms with Crippen LogP contribution in [0.1, 0.15) is 19.4 Å². The normalized spacial score (nSPS) is 12.3. The van der Waals surface area contributed by atoms with Crippen LogP contribution in [0.25, 0.3) is 10.9 Å². The van der Waals surface area contributed by atoms with Gasteiger partial charge in [0.1, 0.15) is 5.67 Å². The van der Waals surface area contributed by atoms with Crippen molar-refractivity contribution in [3.05, 3.63) is 34.4 Å². The molecule has 0 unspecified atom stereocenters. The van der Waals surface area contributed by atoms with Crippen LogP contribution in [0.4, 0.5) is 4.39 Å². The Bertz CT molecular complexity index is 468. The molecule has 0 spiro atoms. The predicted molar refractivity (Wildman–Crippen MR) is 60.1 cm³/mol. The summed E-state index contributed by atoms with van der Waals surface area (Å²) in [6.45, 7) is 3.13. The summed E-state index contributed by atoms with van der Waals surface area (Å²) in [5.41, 5.74) is 0.363. The predicted octanol–water partition coefficient (Wildman–Crippen LogP) is 4.14. The first-order valence-electron chi connectivity index (χ1n) is 4.44. The van der Waals surface area contributed by atoms with Crippen LogP contribution in [-0.2, 0) is 5.67 Å². The average molecular weight is 256 g/mol. The van der Waals surface area contributed by atoms with Crippen LogP contribution in [0.2, 0.25) is 0 Å². The van der Waals surface area contributed by atoms with E-state index in [1.165, 1.54) is 0 Å². The fourth-order valence-corrected chi connectivity index (χ4v) is 1.95. The first-order chi connectivity index (χ1) is 6.48. The Balaban J connectivity index is 2.73. The molecule has 0 radical (unpaired) electrons. The molecule has 3 heteroatoms. The maximum atomic E-state index is 13.8. The summed E-state index contributed by atoms with van der Waals surface area (Å²) < 4.78 is 14.7. The Morgan fingerprint density at radius 1 is 1.36 bits per heavy atom. The van der Waals surface area contributed by atoms with Crippen molar-refractivity contribution in [2.75, 3.05) is 0 Å². The fourth-order valence-electron chi connectivity index (χ4n) is 1.58. The third kappa shape index (κ3) is 1.57. The highest BCUT2D eigenvalue weighted by atomic mass is 79.9. The Morgan fingerprint density at radius 3 is 2.71 bits per heavy atom. The fraction of sp³-hybridized carbons (Fsp3) is 0.273. The van der Waals surface area contributed by atoms with Crippen LogP contribution in [0.5, 0.6) is 0 Å². The van der Waals surface area contributed by atoms with E-state index in [1.54, 1.807) is 20.0 Å². The van der Waals surface area contributed by atoms with Crippen LogP contribution in [-0.4, -0.2) is 4.98 Å². The summed E-state index contributed by atoms with van der Waals surface area (Å²) in [5, 5.41) is 0.937. The number of nitrogens with one attached hydrogen (secondary N) is 1. The van der Waals surface area contributed by atoms with Crippen molar-refractivity contribution in [1.29, 1.82) is 0 Å². The van der Waals surface area contributed by atoms with Crippen molar-refractivity contribution in [3.63, 3.8) is 0 Å². The minimum Gasteiger partial charge on any atom is -0.361 e. The molecule has 2 aromatic rings. The molecule has 0 bridgehead atoms. The third-order valence-corrected chi connectivity index (χ3v) is 2.78. The van der Waals surface area contributed by atoms with Gasteiger partial charge in [-0.25, -0.2) is 4.39 Å². The maximum Gasteiger partial charge on any atom is 0.132 e. The van der Waals surface area contributed by atoms with Crippen molar-refractivity contribution < 1.29 is 4.39 Å². The summed E-state index contributed by atoms with van der Waals surface area (Å²) in [7, 11) is 0. The van der Waals surface area contributed by atoms with Gasteiger partial charge < -0.3 is 4.98 Å². The van der Waals surface area contributed by atoms with E-state index in [0.29, 0.717) is 5.56 Å². The van der Waals surface area contributed by atoms with E-state index in [2.05, 4.69) is 20.9 Å². The zero-order valence-corrected chi connectivity index (χ0v) is 9.65. The van der Waals surface area contributed by atoms with E-state index in [9.17, 15) is 4.39 Å². The van der Waals surface area contributed by atoms with Gasteiger partial charge in [-0.2, -0.15) is 0 Å². The summed E-state index contributed by atoms with van der Waals surface area (Å²) in [4.78, 5) is 3.06. The number of fused-ring (bicyclic) bond motifs is 1. The van der Waals surface area contributed by atoms with Gasteiger partial charge in [-0.15, -0.1) is 0 Å². The molecule has 14 heavy (non-hydrogen) atoms. The van der Waals surface area contributed by atoms with Gasteiger partial charge in [0, 0.05) is 27.1 Å². The van der Waals surface area contributed by atoms with Gasteiger partial charge in [0.05, 0.1) is 0 Å². The van der Waals surface area contributed by atoms with Gasteiger partial charge >= 0.3 is 0 Å². The second kappa shape index (κ2) is 3.09. The van der Waals surface area contributed by atoms with Gasteiger partial charge in [0.25, 0.3) is 0 Å². The van der Waals surface area contributed by atoms with Crippen molar-refractivity contribution in [3.8, 4) is 0 Å². The van der Waals surface area contributed by atoms with Crippen LogP contribution in [0.15, 0.2) is 28.9 Å². The highest BCUT2D eigenvalue weighted by Gasteiger charge is 2.22. The molecule has 2 rings (SSSR count). The molecular formula is C11H11BrFN. The highest BCUT2D eigenvalue weighted by molar-refractivity contribution is 9.10. The molecule has 74 valence electrons. The molecule has 0 saturated heterocycles. The number of aromatic amines is 1.